The normalized spacial score (nSPS) is 16.7. The van der Waals surface area contributed by atoms with Crippen LogP contribution in [0.15, 0.2) is 11.4 Å². The van der Waals surface area contributed by atoms with Crippen LogP contribution in [0, 0.1) is 6.92 Å². The summed E-state index contributed by atoms with van der Waals surface area (Å²) in [5.74, 6) is -0.0846. The Morgan fingerprint density at radius 2 is 1.91 bits per heavy atom. The van der Waals surface area contributed by atoms with Crippen LogP contribution < -0.4 is 0 Å². The molecule has 1 aromatic rings. The molecule has 5 nitrogen and oxygen atoms in total. The molecule has 2 heterocycles. The van der Waals surface area contributed by atoms with Gasteiger partial charge in [0.25, 0.3) is 5.91 Å². The second-order valence-corrected chi connectivity index (χ2v) is 6.76. The van der Waals surface area contributed by atoms with Crippen molar-refractivity contribution in [1.29, 1.82) is 0 Å². The van der Waals surface area contributed by atoms with E-state index in [-0.39, 0.29) is 11.8 Å². The van der Waals surface area contributed by atoms with Gasteiger partial charge in [-0.2, -0.15) is 0 Å². The van der Waals surface area contributed by atoms with E-state index in [1.54, 1.807) is 16.2 Å². The molecule has 1 fully saturated rings. The summed E-state index contributed by atoms with van der Waals surface area (Å²) in [6.07, 6.45) is 1.42. The third kappa shape index (κ3) is 4.30. The minimum atomic E-state index is -0.962. The highest BCUT2D eigenvalue weighted by Crippen LogP contribution is 2.18. The lowest BCUT2D eigenvalue weighted by atomic mass is 10.1. The van der Waals surface area contributed by atoms with Crippen molar-refractivity contribution < 1.29 is 14.7 Å². The fraction of sp³-hybridized carbons (Fsp3) is 0.625. The summed E-state index contributed by atoms with van der Waals surface area (Å²) in [5, 5.41) is 11.4. The first-order valence-electron chi connectivity index (χ1n) is 7.76. The number of rotatable bonds is 5. The molecule has 1 unspecified atom stereocenters. The van der Waals surface area contributed by atoms with Crippen molar-refractivity contribution in [2.75, 3.05) is 26.2 Å². The molecular weight excluding hydrogens is 300 g/mol. The number of hydrogen-bond acceptors (Lipinski definition) is 4. The average molecular weight is 324 g/mol. The predicted molar refractivity (Wildman–Crippen MR) is 86.8 cm³/mol. The Morgan fingerprint density at radius 1 is 1.27 bits per heavy atom. The van der Waals surface area contributed by atoms with Gasteiger partial charge in [0, 0.05) is 37.5 Å². The highest BCUT2D eigenvalue weighted by atomic mass is 32.1. The Balaban J connectivity index is 1.71. The number of hydrogen-bond donors (Lipinski definition) is 1. The lowest BCUT2D eigenvalue weighted by Gasteiger charge is -2.35. The highest BCUT2D eigenvalue weighted by Gasteiger charge is 2.25. The first-order valence-corrected chi connectivity index (χ1v) is 8.64. The Bertz CT molecular complexity index is 519. The molecule has 1 aliphatic rings. The topological polar surface area (TPSA) is 60.9 Å². The Labute approximate surface area is 135 Å². The van der Waals surface area contributed by atoms with Gasteiger partial charge in [0.15, 0.2) is 0 Å². The molecule has 22 heavy (non-hydrogen) atoms. The Morgan fingerprint density at radius 3 is 2.45 bits per heavy atom. The molecule has 0 bridgehead atoms. The molecule has 0 aromatic carbocycles. The summed E-state index contributed by atoms with van der Waals surface area (Å²) in [6, 6.07) is 2.11. The van der Waals surface area contributed by atoms with Crippen molar-refractivity contribution in [3.8, 4) is 0 Å². The van der Waals surface area contributed by atoms with E-state index in [1.807, 2.05) is 4.90 Å². The molecular formula is C16H24N2O3S. The molecule has 0 radical (unpaired) electrons. The summed E-state index contributed by atoms with van der Waals surface area (Å²) >= 11 is 1.75. The minimum absolute atomic E-state index is 0.165. The second kappa shape index (κ2) is 7.74. The molecule has 1 aromatic heterocycles. The van der Waals surface area contributed by atoms with Gasteiger partial charge in [0.1, 0.15) is 6.10 Å². The van der Waals surface area contributed by atoms with E-state index in [2.05, 4.69) is 18.4 Å². The van der Waals surface area contributed by atoms with Crippen molar-refractivity contribution in [1.82, 2.24) is 9.80 Å². The molecule has 1 N–H and O–H groups in total. The number of piperazine rings is 1. The SMILES string of the molecule is Cc1ccsc1CCCC(=O)N1CCN(C(=O)C(C)O)CC1. The molecule has 6 heteroatoms. The number of carbonyl (C=O) groups excluding carboxylic acids is 2. The smallest absolute Gasteiger partial charge is 0.251 e. The lowest BCUT2D eigenvalue weighted by molar-refractivity contribution is -0.144. The van der Waals surface area contributed by atoms with Gasteiger partial charge in [0.05, 0.1) is 0 Å². The number of carbonyl (C=O) groups is 2. The average Bonchev–Trinajstić information content (AvgIpc) is 2.92. The summed E-state index contributed by atoms with van der Waals surface area (Å²) in [6.45, 7) is 5.74. The van der Waals surface area contributed by atoms with Crippen molar-refractivity contribution in [3.63, 3.8) is 0 Å². The fourth-order valence-corrected chi connectivity index (χ4v) is 3.61. The van der Waals surface area contributed by atoms with E-state index in [4.69, 9.17) is 0 Å². The molecule has 2 rings (SSSR count). The van der Waals surface area contributed by atoms with Gasteiger partial charge >= 0.3 is 0 Å². The zero-order valence-corrected chi connectivity index (χ0v) is 14.1. The monoisotopic (exact) mass is 324 g/mol. The van der Waals surface area contributed by atoms with Crippen LogP contribution in [0.5, 0.6) is 0 Å². The van der Waals surface area contributed by atoms with E-state index in [1.165, 1.54) is 17.4 Å². The number of aliphatic hydroxyl groups excluding tert-OH is 1. The van der Waals surface area contributed by atoms with Crippen LogP contribution in [0.25, 0.3) is 0 Å². The zero-order valence-electron chi connectivity index (χ0n) is 13.2. The maximum Gasteiger partial charge on any atom is 0.251 e. The van der Waals surface area contributed by atoms with Gasteiger partial charge in [0.2, 0.25) is 5.91 Å². The molecule has 2 amide bonds. The first kappa shape index (κ1) is 17.0. The standard InChI is InChI=1S/C16H24N2O3S/c1-12-6-11-22-14(12)4-3-5-15(20)17-7-9-18(10-8-17)16(21)13(2)19/h6,11,13,19H,3-5,7-10H2,1-2H3. The van der Waals surface area contributed by atoms with E-state index >= 15 is 0 Å². The number of thiophene rings is 1. The van der Waals surface area contributed by atoms with E-state index in [0.717, 1.165) is 12.8 Å². The Hall–Kier alpha value is -1.40. The van der Waals surface area contributed by atoms with Gasteiger partial charge < -0.3 is 14.9 Å². The quantitative estimate of drug-likeness (QED) is 0.891. The van der Waals surface area contributed by atoms with Crippen molar-refractivity contribution in [3.05, 3.63) is 21.9 Å². The first-order chi connectivity index (χ1) is 10.5. The molecule has 1 aliphatic heterocycles. The molecule has 122 valence electrons. The van der Waals surface area contributed by atoms with Crippen molar-refractivity contribution in [2.45, 2.75) is 39.2 Å². The molecule has 1 atom stereocenters. The van der Waals surface area contributed by atoms with E-state index in [0.29, 0.717) is 32.6 Å². The highest BCUT2D eigenvalue weighted by molar-refractivity contribution is 7.10. The van der Waals surface area contributed by atoms with Gasteiger partial charge in [-0.3, -0.25) is 9.59 Å². The van der Waals surface area contributed by atoms with Gasteiger partial charge in [-0.1, -0.05) is 0 Å². The van der Waals surface area contributed by atoms with Crippen LogP contribution in [-0.4, -0.2) is 59.0 Å². The van der Waals surface area contributed by atoms with E-state index < -0.39 is 6.10 Å². The molecule has 0 aliphatic carbocycles. The maximum absolute atomic E-state index is 12.2. The molecule has 0 saturated carbocycles. The van der Waals surface area contributed by atoms with Crippen LogP contribution >= 0.6 is 11.3 Å². The summed E-state index contributed by atoms with van der Waals surface area (Å²) in [7, 11) is 0. The second-order valence-electron chi connectivity index (χ2n) is 5.76. The third-order valence-electron chi connectivity index (χ3n) is 4.06. The summed E-state index contributed by atoms with van der Waals surface area (Å²) in [5.41, 5.74) is 1.31. The van der Waals surface area contributed by atoms with Gasteiger partial charge in [-0.25, -0.2) is 0 Å². The fourth-order valence-electron chi connectivity index (χ4n) is 2.66. The largest absolute Gasteiger partial charge is 0.384 e. The number of nitrogens with zero attached hydrogens (tertiary/aromatic N) is 2. The number of aryl methyl sites for hydroxylation is 2. The van der Waals surface area contributed by atoms with Crippen LogP contribution in [0.1, 0.15) is 30.2 Å². The maximum atomic E-state index is 12.2. The van der Waals surface area contributed by atoms with Crippen LogP contribution in [-0.2, 0) is 16.0 Å². The van der Waals surface area contributed by atoms with Crippen LogP contribution in [0.4, 0.5) is 0 Å². The van der Waals surface area contributed by atoms with Crippen molar-refractivity contribution >= 4 is 23.2 Å². The Kier molecular flexibility index (Phi) is 5.97. The number of amides is 2. The van der Waals surface area contributed by atoms with Crippen molar-refractivity contribution in [2.24, 2.45) is 0 Å². The summed E-state index contributed by atoms with van der Waals surface area (Å²) < 4.78 is 0. The zero-order chi connectivity index (χ0) is 16.1. The molecule has 0 spiro atoms. The predicted octanol–water partition coefficient (Wildman–Crippen LogP) is 1.43. The summed E-state index contributed by atoms with van der Waals surface area (Å²) in [4.78, 5) is 28.7. The van der Waals surface area contributed by atoms with Crippen LogP contribution in [0.2, 0.25) is 0 Å². The lowest BCUT2D eigenvalue weighted by Crippen LogP contribution is -2.52. The number of aliphatic hydroxyl groups is 1. The van der Waals surface area contributed by atoms with Crippen LogP contribution in [0.3, 0.4) is 0 Å². The molecule has 1 saturated heterocycles. The van der Waals surface area contributed by atoms with Gasteiger partial charge in [-0.15, -0.1) is 11.3 Å². The minimum Gasteiger partial charge on any atom is -0.384 e. The van der Waals surface area contributed by atoms with Gasteiger partial charge in [-0.05, 0) is 43.7 Å². The van der Waals surface area contributed by atoms with E-state index in [9.17, 15) is 14.7 Å². The third-order valence-corrected chi connectivity index (χ3v) is 5.15.